The first-order valence-corrected chi connectivity index (χ1v) is 11.8. The van der Waals surface area contributed by atoms with Crippen LogP contribution in [0.1, 0.15) is 22.4 Å². The molecular weight excluding hydrogens is 426 g/mol. The van der Waals surface area contributed by atoms with Crippen LogP contribution in [0.3, 0.4) is 0 Å². The van der Waals surface area contributed by atoms with E-state index >= 15 is 0 Å². The van der Waals surface area contributed by atoms with E-state index in [9.17, 15) is 4.79 Å². The van der Waals surface area contributed by atoms with Crippen molar-refractivity contribution in [2.75, 3.05) is 7.05 Å². The van der Waals surface area contributed by atoms with Gasteiger partial charge in [-0.15, -0.1) is 0 Å². The van der Waals surface area contributed by atoms with Crippen molar-refractivity contribution in [2.24, 2.45) is 4.99 Å². The van der Waals surface area contributed by atoms with Gasteiger partial charge in [-0.3, -0.25) is 9.69 Å². The Labute approximate surface area is 198 Å². The zero-order valence-electron chi connectivity index (χ0n) is 18.9. The highest BCUT2D eigenvalue weighted by Gasteiger charge is 2.31. The van der Waals surface area contributed by atoms with Crippen LogP contribution in [0, 0.1) is 13.8 Å². The maximum atomic E-state index is 13.1. The van der Waals surface area contributed by atoms with Crippen LogP contribution in [0.4, 0.5) is 5.69 Å². The number of amides is 1. The van der Waals surface area contributed by atoms with E-state index in [1.807, 2.05) is 43.3 Å². The van der Waals surface area contributed by atoms with Gasteiger partial charge in [0, 0.05) is 35.8 Å². The Morgan fingerprint density at radius 3 is 2.36 bits per heavy atom. The molecule has 33 heavy (non-hydrogen) atoms. The van der Waals surface area contributed by atoms with Crippen molar-refractivity contribution < 1.29 is 4.79 Å². The SMILES string of the molecule is Cc1ccc(N=C2S/C(=C/c3c(C)n(Cc4ccccc4)c4ccccc34)C(=O)N2C)cc1. The molecule has 164 valence electrons. The number of hydrogen-bond acceptors (Lipinski definition) is 3. The van der Waals surface area contributed by atoms with Crippen LogP contribution in [0.2, 0.25) is 0 Å². The van der Waals surface area contributed by atoms with E-state index in [1.54, 1.807) is 11.9 Å². The van der Waals surface area contributed by atoms with Crippen molar-refractivity contribution in [2.45, 2.75) is 20.4 Å². The van der Waals surface area contributed by atoms with Crippen LogP contribution in [-0.4, -0.2) is 27.6 Å². The Bertz CT molecular complexity index is 1400. The molecule has 0 bridgehead atoms. The third-order valence-corrected chi connectivity index (χ3v) is 7.06. The number of carbonyl (C=O) groups is 1. The topological polar surface area (TPSA) is 37.6 Å². The first-order chi connectivity index (χ1) is 16.0. The summed E-state index contributed by atoms with van der Waals surface area (Å²) in [5.74, 6) is -0.0230. The molecular formula is C28H25N3OS. The monoisotopic (exact) mass is 451 g/mol. The predicted molar refractivity (Wildman–Crippen MR) is 139 cm³/mol. The second kappa shape index (κ2) is 8.75. The lowest BCUT2D eigenvalue weighted by molar-refractivity contribution is -0.121. The summed E-state index contributed by atoms with van der Waals surface area (Å²) in [6, 6.07) is 26.9. The Hall–Kier alpha value is -3.57. The van der Waals surface area contributed by atoms with Crippen LogP contribution in [0.15, 0.2) is 88.8 Å². The summed E-state index contributed by atoms with van der Waals surface area (Å²) < 4.78 is 2.33. The summed E-state index contributed by atoms with van der Waals surface area (Å²) in [5.41, 5.74) is 6.68. The second-order valence-electron chi connectivity index (χ2n) is 8.29. The quantitative estimate of drug-likeness (QED) is 0.330. The molecule has 1 saturated heterocycles. The molecule has 2 heterocycles. The molecule has 0 N–H and O–H groups in total. The highest BCUT2D eigenvalue weighted by Crippen LogP contribution is 2.36. The van der Waals surface area contributed by atoms with Gasteiger partial charge in [-0.1, -0.05) is 66.2 Å². The molecule has 1 aliphatic heterocycles. The van der Waals surface area contributed by atoms with E-state index in [4.69, 9.17) is 4.99 Å². The molecule has 1 fully saturated rings. The van der Waals surface area contributed by atoms with Gasteiger partial charge in [-0.25, -0.2) is 4.99 Å². The lowest BCUT2D eigenvalue weighted by atomic mass is 10.1. The van der Waals surface area contributed by atoms with E-state index in [-0.39, 0.29) is 5.91 Å². The number of thioether (sulfide) groups is 1. The minimum Gasteiger partial charge on any atom is -0.340 e. The lowest BCUT2D eigenvalue weighted by Gasteiger charge is -2.08. The zero-order chi connectivity index (χ0) is 22.9. The summed E-state index contributed by atoms with van der Waals surface area (Å²) in [5, 5.41) is 1.85. The first-order valence-electron chi connectivity index (χ1n) is 11.0. The standard InChI is InChI=1S/C28H25N3OS/c1-19-13-15-22(16-14-19)29-28-30(3)27(32)26(33-28)17-24-20(2)31(18-21-9-5-4-6-10-21)25-12-8-7-11-23(24)25/h4-17H,18H2,1-3H3/b26-17+,29-28?. The summed E-state index contributed by atoms with van der Waals surface area (Å²) in [6.07, 6.45) is 2.03. The Kier molecular flexibility index (Phi) is 5.65. The van der Waals surface area contributed by atoms with Gasteiger partial charge in [0.1, 0.15) is 0 Å². The molecule has 4 nitrogen and oxygen atoms in total. The van der Waals surface area contributed by atoms with Gasteiger partial charge in [0.25, 0.3) is 5.91 Å². The summed E-state index contributed by atoms with van der Waals surface area (Å²) in [6.45, 7) is 4.97. The average molecular weight is 452 g/mol. The summed E-state index contributed by atoms with van der Waals surface area (Å²) in [7, 11) is 1.79. The lowest BCUT2D eigenvalue weighted by Crippen LogP contribution is -2.23. The van der Waals surface area contributed by atoms with Crippen molar-refractivity contribution in [3.05, 3.63) is 106 Å². The minimum atomic E-state index is -0.0230. The maximum Gasteiger partial charge on any atom is 0.266 e. The van der Waals surface area contributed by atoms with Crippen LogP contribution < -0.4 is 0 Å². The van der Waals surface area contributed by atoms with Gasteiger partial charge >= 0.3 is 0 Å². The predicted octanol–water partition coefficient (Wildman–Crippen LogP) is 6.54. The van der Waals surface area contributed by atoms with Crippen molar-refractivity contribution in [3.63, 3.8) is 0 Å². The van der Waals surface area contributed by atoms with Crippen LogP contribution in [-0.2, 0) is 11.3 Å². The highest BCUT2D eigenvalue weighted by atomic mass is 32.2. The number of nitrogens with zero attached hydrogens (tertiary/aromatic N) is 3. The third kappa shape index (κ3) is 4.12. The smallest absolute Gasteiger partial charge is 0.266 e. The molecule has 4 aromatic rings. The minimum absolute atomic E-state index is 0.0230. The molecule has 0 aliphatic carbocycles. The molecule has 0 spiro atoms. The zero-order valence-corrected chi connectivity index (χ0v) is 19.8. The normalized spacial score (nSPS) is 16.5. The van der Waals surface area contributed by atoms with E-state index in [0.29, 0.717) is 10.1 Å². The van der Waals surface area contributed by atoms with Crippen molar-refractivity contribution in [1.82, 2.24) is 9.47 Å². The number of aliphatic imine (C=N–C) groups is 1. The van der Waals surface area contributed by atoms with Gasteiger partial charge in [-0.05, 0) is 55.4 Å². The Balaban J connectivity index is 1.54. The first kappa shape index (κ1) is 21.3. The van der Waals surface area contributed by atoms with Crippen LogP contribution >= 0.6 is 11.8 Å². The number of carbonyl (C=O) groups excluding carboxylic acids is 1. The second-order valence-corrected chi connectivity index (χ2v) is 9.30. The molecule has 1 aliphatic rings. The maximum absolute atomic E-state index is 13.1. The fourth-order valence-electron chi connectivity index (χ4n) is 4.12. The number of hydrogen-bond donors (Lipinski definition) is 0. The molecule has 0 unspecified atom stereocenters. The largest absolute Gasteiger partial charge is 0.340 e. The van der Waals surface area contributed by atoms with Gasteiger partial charge in [-0.2, -0.15) is 0 Å². The van der Waals surface area contributed by atoms with E-state index < -0.39 is 0 Å². The van der Waals surface area contributed by atoms with E-state index in [1.165, 1.54) is 28.4 Å². The molecule has 5 rings (SSSR count). The van der Waals surface area contributed by atoms with Crippen LogP contribution in [0.5, 0.6) is 0 Å². The molecule has 0 radical (unpaired) electrons. The fraction of sp³-hybridized carbons (Fsp3) is 0.143. The number of amidine groups is 1. The molecule has 1 amide bonds. The van der Waals surface area contributed by atoms with Crippen LogP contribution in [0.25, 0.3) is 17.0 Å². The average Bonchev–Trinajstić information content (AvgIpc) is 3.25. The van der Waals surface area contributed by atoms with Crippen molar-refractivity contribution >= 4 is 45.5 Å². The van der Waals surface area contributed by atoms with Crippen molar-refractivity contribution in [3.8, 4) is 0 Å². The van der Waals surface area contributed by atoms with E-state index in [0.717, 1.165) is 28.9 Å². The molecule has 3 aromatic carbocycles. The third-order valence-electron chi connectivity index (χ3n) is 6.00. The van der Waals surface area contributed by atoms with Gasteiger partial charge in [0.2, 0.25) is 0 Å². The van der Waals surface area contributed by atoms with Gasteiger partial charge in [0.15, 0.2) is 5.17 Å². The Morgan fingerprint density at radius 1 is 0.909 bits per heavy atom. The molecule has 0 atom stereocenters. The number of aromatic nitrogens is 1. The van der Waals surface area contributed by atoms with Gasteiger partial charge in [0.05, 0.1) is 10.6 Å². The number of benzene rings is 3. The molecule has 0 saturated carbocycles. The number of fused-ring (bicyclic) bond motifs is 1. The highest BCUT2D eigenvalue weighted by molar-refractivity contribution is 8.18. The van der Waals surface area contributed by atoms with Crippen molar-refractivity contribution in [1.29, 1.82) is 0 Å². The summed E-state index contributed by atoms with van der Waals surface area (Å²) >= 11 is 1.43. The number of aryl methyl sites for hydroxylation is 1. The van der Waals surface area contributed by atoms with Gasteiger partial charge < -0.3 is 4.57 Å². The Morgan fingerprint density at radius 2 is 1.61 bits per heavy atom. The number of para-hydroxylation sites is 1. The number of likely N-dealkylation sites (N-methyl/N-ethyl adjacent to an activating group) is 1. The molecule has 5 heteroatoms. The number of rotatable bonds is 4. The summed E-state index contributed by atoms with van der Waals surface area (Å²) in [4.78, 5) is 20.1. The fourth-order valence-corrected chi connectivity index (χ4v) is 5.09. The van der Waals surface area contributed by atoms with E-state index in [2.05, 4.69) is 60.0 Å². The molecule has 1 aromatic heterocycles.